The van der Waals surface area contributed by atoms with E-state index in [1.807, 2.05) is 11.3 Å². The number of halogens is 1. The lowest BCUT2D eigenvalue weighted by Crippen LogP contribution is -2.22. The highest BCUT2D eigenvalue weighted by atomic mass is 79.9. The van der Waals surface area contributed by atoms with E-state index in [0.717, 1.165) is 17.8 Å². The summed E-state index contributed by atoms with van der Waals surface area (Å²) in [5, 5.41) is 3.54. The first-order chi connectivity index (χ1) is 8.67. The summed E-state index contributed by atoms with van der Waals surface area (Å²) in [6.07, 6.45) is 7.36. The molecule has 2 aliphatic rings. The first-order valence-electron chi connectivity index (χ1n) is 7.10. The second kappa shape index (κ2) is 5.26. The first kappa shape index (κ1) is 13.1. The van der Waals surface area contributed by atoms with Crippen LogP contribution in [0, 0.1) is 24.7 Å². The minimum atomic E-state index is 0.553. The van der Waals surface area contributed by atoms with E-state index >= 15 is 0 Å². The largest absolute Gasteiger partial charge is 0.313 e. The standard InChI is InChI=1S/C15H22BrNS/c1-9-13(8-15(16)18-9)14(17-2)7-12-6-10-3-4-11(12)5-10/h8,10-12,14,17H,3-7H2,1-2H3. The van der Waals surface area contributed by atoms with Gasteiger partial charge in [0.2, 0.25) is 0 Å². The van der Waals surface area contributed by atoms with Gasteiger partial charge in [0.1, 0.15) is 0 Å². The van der Waals surface area contributed by atoms with Gasteiger partial charge in [0.05, 0.1) is 3.79 Å². The third-order valence-corrected chi connectivity index (χ3v) is 6.64. The van der Waals surface area contributed by atoms with E-state index in [1.165, 1.54) is 46.3 Å². The van der Waals surface area contributed by atoms with Crippen molar-refractivity contribution in [2.75, 3.05) is 7.05 Å². The maximum absolute atomic E-state index is 3.62. The Morgan fingerprint density at radius 3 is 2.78 bits per heavy atom. The van der Waals surface area contributed by atoms with Crippen molar-refractivity contribution in [2.24, 2.45) is 17.8 Å². The summed E-state index contributed by atoms with van der Waals surface area (Å²) in [7, 11) is 2.11. The van der Waals surface area contributed by atoms with Gasteiger partial charge in [0.25, 0.3) is 0 Å². The molecule has 1 aromatic rings. The molecule has 1 heterocycles. The number of rotatable bonds is 4. The van der Waals surface area contributed by atoms with Crippen LogP contribution in [0.3, 0.4) is 0 Å². The van der Waals surface area contributed by atoms with Crippen LogP contribution in [0.25, 0.3) is 0 Å². The van der Waals surface area contributed by atoms with E-state index < -0.39 is 0 Å². The fraction of sp³-hybridized carbons (Fsp3) is 0.733. The summed E-state index contributed by atoms with van der Waals surface area (Å²) < 4.78 is 1.27. The Balaban J connectivity index is 1.71. The van der Waals surface area contributed by atoms with E-state index in [-0.39, 0.29) is 0 Å². The van der Waals surface area contributed by atoms with Gasteiger partial charge in [-0.15, -0.1) is 11.3 Å². The summed E-state index contributed by atoms with van der Waals surface area (Å²) >= 11 is 5.48. The average Bonchev–Trinajstić information content (AvgIpc) is 3.01. The van der Waals surface area contributed by atoms with Gasteiger partial charge < -0.3 is 5.32 Å². The summed E-state index contributed by atoms with van der Waals surface area (Å²) in [5.41, 5.74) is 1.51. The number of hydrogen-bond acceptors (Lipinski definition) is 2. The molecule has 0 spiro atoms. The third-order valence-electron chi connectivity index (χ3n) is 5.07. The van der Waals surface area contributed by atoms with Gasteiger partial charge >= 0.3 is 0 Å². The molecule has 0 amide bonds. The highest BCUT2D eigenvalue weighted by molar-refractivity contribution is 9.11. The van der Waals surface area contributed by atoms with E-state index in [0.29, 0.717) is 6.04 Å². The molecule has 0 aromatic carbocycles. The molecule has 0 aliphatic heterocycles. The second-order valence-electron chi connectivity index (χ2n) is 6.07. The molecule has 3 heteroatoms. The average molecular weight is 328 g/mol. The summed E-state index contributed by atoms with van der Waals surface area (Å²) in [5.74, 6) is 3.07. The number of hydrogen-bond donors (Lipinski definition) is 1. The molecule has 100 valence electrons. The summed E-state index contributed by atoms with van der Waals surface area (Å²) in [6, 6.07) is 2.87. The van der Waals surface area contributed by atoms with Crippen LogP contribution < -0.4 is 5.32 Å². The molecule has 0 saturated heterocycles. The van der Waals surface area contributed by atoms with Crippen molar-refractivity contribution in [3.63, 3.8) is 0 Å². The predicted octanol–water partition coefficient (Wildman–Crippen LogP) is 4.91. The predicted molar refractivity (Wildman–Crippen MR) is 82.1 cm³/mol. The lowest BCUT2D eigenvalue weighted by atomic mass is 9.83. The first-order valence-corrected chi connectivity index (χ1v) is 8.71. The molecule has 1 nitrogen and oxygen atoms in total. The van der Waals surface area contributed by atoms with Gasteiger partial charge in [-0.3, -0.25) is 0 Å². The zero-order valence-electron chi connectivity index (χ0n) is 11.2. The van der Waals surface area contributed by atoms with Crippen LogP contribution in [0.4, 0.5) is 0 Å². The van der Waals surface area contributed by atoms with Crippen molar-refractivity contribution in [1.29, 1.82) is 0 Å². The Morgan fingerprint density at radius 2 is 2.28 bits per heavy atom. The lowest BCUT2D eigenvalue weighted by Gasteiger charge is -2.26. The van der Waals surface area contributed by atoms with Crippen LogP contribution in [0.2, 0.25) is 0 Å². The Kier molecular flexibility index (Phi) is 3.84. The quantitative estimate of drug-likeness (QED) is 0.828. The molecule has 4 atom stereocenters. The molecule has 2 saturated carbocycles. The van der Waals surface area contributed by atoms with Crippen LogP contribution >= 0.6 is 27.3 Å². The van der Waals surface area contributed by atoms with Gasteiger partial charge in [0.15, 0.2) is 0 Å². The number of fused-ring (bicyclic) bond motifs is 2. The highest BCUT2D eigenvalue weighted by Gasteiger charge is 2.40. The Labute approximate surface area is 122 Å². The molecule has 2 bridgehead atoms. The molecule has 0 radical (unpaired) electrons. The lowest BCUT2D eigenvalue weighted by molar-refractivity contribution is 0.284. The van der Waals surface area contributed by atoms with Crippen LogP contribution in [-0.2, 0) is 0 Å². The third kappa shape index (κ3) is 2.41. The zero-order chi connectivity index (χ0) is 12.7. The van der Waals surface area contributed by atoms with E-state index in [4.69, 9.17) is 0 Å². The highest BCUT2D eigenvalue weighted by Crippen LogP contribution is 2.51. The molecule has 1 N–H and O–H groups in total. The van der Waals surface area contributed by atoms with Gasteiger partial charge in [0, 0.05) is 10.9 Å². The Morgan fingerprint density at radius 1 is 1.44 bits per heavy atom. The van der Waals surface area contributed by atoms with Gasteiger partial charge in [-0.2, -0.15) is 0 Å². The summed E-state index contributed by atoms with van der Waals surface area (Å²) in [6.45, 7) is 2.25. The van der Waals surface area contributed by atoms with Gasteiger partial charge in [-0.1, -0.05) is 6.42 Å². The topological polar surface area (TPSA) is 12.0 Å². The van der Waals surface area contributed by atoms with Crippen molar-refractivity contribution >= 4 is 27.3 Å². The van der Waals surface area contributed by atoms with Crippen molar-refractivity contribution < 1.29 is 0 Å². The Bertz CT molecular complexity index is 428. The number of thiophene rings is 1. The van der Waals surface area contributed by atoms with E-state index in [9.17, 15) is 0 Å². The van der Waals surface area contributed by atoms with Crippen molar-refractivity contribution in [3.8, 4) is 0 Å². The van der Waals surface area contributed by atoms with Gasteiger partial charge in [-0.25, -0.2) is 0 Å². The van der Waals surface area contributed by atoms with Crippen LogP contribution in [0.5, 0.6) is 0 Å². The number of aryl methyl sites for hydroxylation is 1. The van der Waals surface area contributed by atoms with E-state index in [2.05, 4.69) is 41.3 Å². The molecular weight excluding hydrogens is 306 g/mol. The second-order valence-corrected chi connectivity index (χ2v) is 8.71. The maximum Gasteiger partial charge on any atom is 0.0704 e. The SMILES string of the molecule is CNC(CC1CC2CCC1C2)c1cc(Br)sc1C. The zero-order valence-corrected chi connectivity index (χ0v) is 13.6. The minimum absolute atomic E-state index is 0.553. The number of nitrogens with one attached hydrogen (secondary N) is 1. The molecule has 4 unspecified atom stereocenters. The van der Waals surface area contributed by atoms with Crippen molar-refractivity contribution in [2.45, 2.75) is 45.1 Å². The van der Waals surface area contributed by atoms with Crippen LogP contribution in [0.1, 0.15) is 48.6 Å². The van der Waals surface area contributed by atoms with Crippen molar-refractivity contribution in [3.05, 3.63) is 20.3 Å². The fourth-order valence-electron chi connectivity index (χ4n) is 4.17. The Hall–Kier alpha value is 0.140. The fourth-order valence-corrected chi connectivity index (χ4v) is 5.95. The molecule has 18 heavy (non-hydrogen) atoms. The van der Waals surface area contributed by atoms with E-state index in [1.54, 1.807) is 0 Å². The molecular formula is C15H22BrNS. The smallest absolute Gasteiger partial charge is 0.0704 e. The van der Waals surface area contributed by atoms with Crippen LogP contribution in [-0.4, -0.2) is 7.05 Å². The van der Waals surface area contributed by atoms with Gasteiger partial charge in [-0.05, 0) is 85.0 Å². The monoisotopic (exact) mass is 327 g/mol. The summed E-state index contributed by atoms with van der Waals surface area (Å²) in [4.78, 5) is 1.46. The molecule has 2 aliphatic carbocycles. The molecule has 1 aromatic heterocycles. The molecule has 2 fully saturated rings. The van der Waals surface area contributed by atoms with Crippen LogP contribution in [0.15, 0.2) is 9.85 Å². The minimum Gasteiger partial charge on any atom is -0.313 e. The maximum atomic E-state index is 3.62. The molecule has 3 rings (SSSR count). The normalized spacial score (nSPS) is 32.1. The van der Waals surface area contributed by atoms with Crippen molar-refractivity contribution in [1.82, 2.24) is 5.32 Å².